The molecule has 0 saturated heterocycles. The lowest BCUT2D eigenvalue weighted by Crippen LogP contribution is -2.23. The van der Waals surface area contributed by atoms with Crippen molar-refractivity contribution in [2.75, 3.05) is 5.32 Å². The lowest BCUT2D eigenvalue weighted by atomic mass is 10.1. The topological polar surface area (TPSA) is 71.1 Å². The van der Waals surface area contributed by atoms with E-state index < -0.39 is 0 Å². The fourth-order valence-corrected chi connectivity index (χ4v) is 2.50. The second kappa shape index (κ2) is 8.27. The average molecular weight is 366 g/mol. The predicted molar refractivity (Wildman–Crippen MR) is 101 cm³/mol. The third kappa shape index (κ3) is 4.46. The van der Waals surface area contributed by atoms with Gasteiger partial charge in [0.1, 0.15) is 0 Å². The van der Waals surface area contributed by atoms with Crippen LogP contribution in [0.25, 0.3) is 0 Å². The lowest BCUT2D eigenvalue weighted by Gasteiger charge is -2.08. The maximum atomic E-state index is 12.3. The summed E-state index contributed by atoms with van der Waals surface area (Å²) in [5.41, 5.74) is 2.42. The molecule has 1 aromatic heterocycles. The summed E-state index contributed by atoms with van der Waals surface area (Å²) in [5.74, 6) is -0.498. The van der Waals surface area contributed by atoms with E-state index >= 15 is 0 Å². The van der Waals surface area contributed by atoms with Gasteiger partial charge in [-0.25, -0.2) is 0 Å². The van der Waals surface area contributed by atoms with Gasteiger partial charge in [-0.2, -0.15) is 0 Å². The second-order valence-electron chi connectivity index (χ2n) is 5.55. The number of carbonyl (C=O) groups excluding carboxylic acids is 2. The lowest BCUT2D eigenvalue weighted by molar-refractivity contribution is 0.0949. The van der Waals surface area contributed by atoms with Crippen molar-refractivity contribution < 1.29 is 9.59 Å². The van der Waals surface area contributed by atoms with Gasteiger partial charge in [0.15, 0.2) is 0 Å². The molecule has 26 heavy (non-hydrogen) atoms. The molecule has 0 saturated carbocycles. The summed E-state index contributed by atoms with van der Waals surface area (Å²) in [7, 11) is 0. The molecule has 1 heterocycles. The van der Waals surface area contributed by atoms with E-state index in [9.17, 15) is 9.59 Å². The first-order valence-electron chi connectivity index (χ1n) is 7.96. The van der Waals surface area contributed by atoms with Crippen LogP contribution >= 0.6 is 11.6 Å². The molecular formula is C20H16ClN3O2. The zero-order chi connectivity index (χ0) is 18.4. The number of amides is 2. The summed E-state index contributed by atoms with van der Waals surface area (Å²) in [6, 6.07) is 17.1. The number of rotatable bonds is 5. The maximum absolute atomic E-state index is 12.3. The molecule has 0 unspecified atom stereocenters. The molecular weight excluding hydrogens is 350 g/mol. The van der Waals surface area contributed by atoms with Gasteiger partial charge in [0.05, 0.1) is 10.7 Å². The number of anilines is 1. The van der Waals surface area contributed by atoms with Crippen LogP contribution in [-0.2, 0) is 6.54 Å². The molecule has 0 aliphatic heterocycles. The first-order valence-corrected chi connectivity index (χ1v) is 8.34. The Morgan fingerprint density at radius 3 is 2.12 bits per heavy atom. The minimum atomic E-state index is -0.290. The van der Waals surface area contributed by atoms with Gasteiger partial charge in [-0.1, -0.05) is 23.7 Å². The average Bonchev–Trinajstić information content (AvgIpc) is 2.69. The SMILES string of the molecule is O=C(NCc1ccncc1)c1ccc(C(=O)Nc2ccccc2Cl)cc1. The first kappa shape index (κ1) is 17.6. The van der Waals surface area contributed by atoms with Crippen molar-refractivity contribution in [3.05, 3.63) is 94.8 Å². The highest BCUT2D eigenvalue weighted by Gasteiger charge is 2.10. The van der Waals surface area contributed by atoms with E-state index in [4.69, 9.17) is 11.6 Å². The normalized spacial score (nSPS) is 10.2. The molecule has 0 spiro atoms. The molecule has 2 amide bonds. The number of nitrogens with zero attached hydrogens (tertiary/aromatic N) is 1. The van der Waals surface area contributed by atoms with E-state index in [0.29, 0.717) is 28.4 Å². The second-order valence-corrected chi connectivity index (χ2v) is 5.96. The van der Waals surface area contributed by atoms with Gasteiger partial charge in [-0.15, -0.1) is 0 Å². The zero-order valence-electron chi connectivity index (χ0n) is 13.8. The Bertz CT molecular complexity index is 912. The highest BCUT2D eigenvalue weighted by molar-refractivity contribution is 6.33. The summed E-state index contributed by atoms with van der Waals surface area (Å²) in [6.45, 7) is 0.413. The van der Waals surface area contributed by atoms with Crippen LogP contribution in [0, 0.1) is 0 Å². The Morgan fingerprint density at radius 1 is 0.846 bits per heavy atom. The fraction of sp³-hybridized carbons (Fsp3) is 0.0500. The van der Waals surface area contributed by atoms with E-state index in [-0.39, 0.29) is 11.8 Å². The highest BCUT2D eigenvalue weighted by Crippen LogP contribution is 2.21. The summed E-state index contributed by atoms with van der Waals surface area (Å²) in [4.78, 5) is 28.4. The quantitative estimate of drug-likeness (QED) is 0.720. The molecule has 3 aromatic rings. The van der Waals surface area contributed by atoms with E-state index in [1.807, 2.05) is 12.1 Å². The van der Waals surface area contributed by atoms with Crippen molar-refractivity contribution in [1.29, 1.82) is 0 Å². The zero-order valence-corrected chi connectivity index (χ0v) is 14.5. The Balaban J connectivity index is 1.61. The van der Waals surface area contributed by atoms with Crippen molar-refractivity contribution in [3.8, 4) is 0 Å². The number of nitrogens with one attached hydrogen (secondary N) is 2. The number of benzene rings is 2. The Kier molecular flexibility index (Phi) is 5.61. The van der Waals surface area contributed by atoms with Gasteiger partial charge in [0.25, 0.3) is 11.8 Å². The molecule has 0 bridgehead atoms. The molecule has 0 aliphatic rings. The summed E-state index contributed by atoms with van der Waals surface area (Å²) < 4.78 is 0. The van der Waals surface area contributed by atoms with Crippen LogP contribution < -0.4 is 10.6 Å². The number of para-hydroxylation sites is 1. The third-order valence-electron chi connectivity index (χ3n) is 3.73. The van der Waals surface area contributed by atoms with Crippen molar-refractivity contribution >= 4 is 29.1 Å². The number of halogens is 1. The van der Waals surface area contributed by atoms with Crippen LogP contribution in [0.2, 0.25) is 5.02 Å². The van der Waals surface area contributed by atoms with E-state index in [2.05, 4.69) is 15.6 Å². The van der Waals surface area contributed by atoms with Crippen LogP contribution in [0.1, 0.15) is 26.3 Å². The van der Waals surface area contributed by atoms with Crippen LogP contribution in [0.3, 0.4) is 0 Å². The van der Waals surface area contributed by atoms with E-state index in [1.165, 1.54) is 0 Å². The number of aromatic nitrogens is 1. The number of hydrogen-bond acceptors (Lipinski definition) is 3. The minimum Gasteiger partial charge on any atom is -0.348 e. The number of pyridine rings is 1. The minimum absolute atomic E-state index is 0.208. The van der Waals surface area contributed by atoms with Crippen molar-refractivity contribution in [2.45, 2.75) is 6.54 Å². The molecule has 5 nitrogen and oxygen atoms in total. The van der Waals surface area contributed by atoms with Gasteiger partial charge in [-0.05, 0) is 54.1 Å². The van der Waals surface area contributed by atoms with Crippen molar-refractivity contribution in [3.63, 3.8) is 0 Å². The summed E-state index contributed by atoms with van der Waals surface area (Å²) in [5, 5.41) is 6.04. The molecule has 0 atom stereocenters. The molecule has 0 fully saturated rings. The summed E-state index contributed by atoms with van der Waals surface area (Å²) >= 11 is 6.04. The fourth-order valence-electron chi connectivity index (χ4n) is 2.32. The van der Waals surface area contributed by atoms with Crippen LogP contribution in [0.5, 0.6) is 0 Å². The molecule has 130 valence electrons. The molecule has 6 heteroatoms. The molecule has 3 rings (SSSR count). The standard InChI is InChI=1S/C20H16ClN3O2/c21-17-3-1-2-4-18(17)24-20(26)16-7-5-15(6-8-16)19(25)23-13-14-9-11-22-12-10-14/h1-12H,13H2,(H,23,25)(H,24,26). The molecule has 2 N–H and O–H groups in total. The van der Waals surface area contributed by atoms with Gasteiger partial charge in [-0.3, -0.25) is 14.6 Å². The Morgan fingerprint density at radius 2 is 1.46 bits per heavy atom. The molecule has 0 radical (unpaired) electrons. The van der Waals surface area contributed by atoms with Crippen LogP contribution in [0.15, 0.2) is 73.1 Å². The monoisotopic (exact) mass is 365 g/mol. The van der Waals surface area contributed by atoms with Gasteiger partial charge in [0, 0.05) is 30.1 Å². The largest absolute Gasteiger partial charge is 0.348 e. The molecule has 0 aliphatic carbocycles. The van der Waals surface area contributed by atoms with Crippen molar-refractivity contribution in [2.24, 2.45) is 0 Å². The van der Waals surface area contributed by atoms with Crippen molar-refractivity contribution in [1.82, 2.24) is 10.3 Å². The first-order chi connectivity index (χ1) is 12.6. The smallest absolute Gasteiger partial charge is 0.255 e. The van der Waals surface area contributed by atoms with Gasteiger partial charge >= 0.3 is 0 Å². The van der Waals surface area contributed by atoms with Gasteiger partial charge in [0.2, 0.25) is 0 Å². The molecule has 2 aromatic carbocycles. The predicted octanol–water partition coefficient (Wildman–Crippen LogP) is 3.92. The number of hydrogen-bond donors (Lipinski definition) is 2. The van der Waals surface area contributed by atoms with E-state index in [0.717, 1.165) is 5.56 Å². The third-order valence-corrected chi connectivity index (χ3v) is 4.06. The summed E-state index contributed by atoms with van der Waals surface area (Å²) in [6.07, 6.45) is 3.35. The van der Waals surface area contributed by atoms with Crippen LogP contribution in [-0.4, -0.2) is 16.8 Å². The van der Waals surface area contributed by atoms with Crippen LogP contribution in [0.4, 0.5) is 5.69 Å². The maximum Gasteiger partial charge on any atom is 0.255 e. The number of carbonyl (C=O) groups is 2. The van der Waals surface area contributed by atoms with E-state index in [1.54, 1.807) is 60.9 Å². The Labute approximate surface area is 156 Å². The Hall–Kier alpha value is -3.18. The highest BCUT2D eigenvalue weighted by atomic mass is 35.5. The van der Waals surface area contributed by atoms with Gasteiger partial charge < -0.3 is 10.6 Å².